The molecule has 0 amide bonds. The summed E-state index contributed by atoms with van der Waals surface area (Å²) >= 11 is 0. The van der Waals surface area contributed by atoms with Gasteiger partial charge in [0, 0.05) is 17.5 Å². The molecule has 3 N–H and O–H groups in total. The van der Waals surface area contributed by atoms with E-state index in [2.05, 4.69) is 11.4 Å². The Labute approximate surface area is 108 Å². The predicted octanol–water partition coefficient (Wildman–Crippen LogP) is 1.50. The van der Waals surface area contributed by atoms with Crippen LogP contribution in [0.4, 0.5) is 0 Å². The molecule has 1 aromatic rings. The standard InChI is InChI=1S/C14H22N2O2/c1-17-10-3-4-14(18-2)12(9-10)11-6-8-16-13(11)5-7-15/h3-4,9,11,13,16H,5-8,15H2,1-2H3. The molecule has 2 unspecified atom stereocenters. The van der Waals surface area contributed by atoms with Gasteiger partial charge in [-0.15, -0.1) is 0 Å². The smallest absolute Gasteiger partial charge is 0.122 e. The normalized spacial score (nSPS) is 23.1. The lowest BCUT2D eigenvalue weighted by Gasteiger charge is -2.22. The molecule has 1 fully saturated rings. The fraction of sp³-hybridized carbons (Fsp3) is 0.571. The van der Waals surface area contributed by atoms with Crippen LogP contribution in [-0.2, 0) is 0 Å². The van der Waals surface area contributed by atoms with Crippen LogP contribution >= 0.6 is 0 Å². The van der Waals surface area contributed by atoms with Crippen molar-refractivity contribution in [3.05, 3.63) is 23.8 Å². The van der Waals surface area contributed by atoms with Crippen LogP contribution in [0.3, 0.4) is 0 Å². The zero-order valence-corrected chi connectivity index (χ0v) is 11.1. The molecule has 0 aromatic heterocycles. The van der Waals surface area contributed by atoms with Crippen molar-refractivity contribution in [1.29, 1.82) is 0 Å². The second-order valence-electron chi connectivity index (χ2n) is 4.64. The van der Waals surface area contributed by atoms with E-state index in [1.165, 1.54) is 5.56 Å². The maximum absolute atomic E-state index is 5.68. The molecule has 2 atom stereocenters. The van der Waals surface area contributed by atoms with Crippen molar-refractivity contribution in [2.45, 2.75) is 24.8 Å². The highest BCUT2D eigenvalue weighted by atomic mass is 16.5. The first-order valence-corrected chi connectivity index (χ1v) is 6.45. The van der Waals surface area contributed by atoms with Crippen LogP contribution in [0.1, 0.15) is 24.3 Å². The van der Waals surface area contributed by atoms with E-state index in [0.29, 0.717) is 18.5 Å². The molecule has 2 rings (SSSR count). The molecular formula is C14H22N2O2. The van der Waals surface area contributed by atoms with E-state index in [9.17, 15) is 0 Å². The molecule has 0 saturated carbocycles. The first-order chi connectivity index (χ1) is 8.80. The van der Waals surface area contributed by atoms with Crippen LogP contribution in [-0.4, -0.2) is 33.4 Å². The highest BCUT2D eigenvalue weighted by Gasteiger charge is 2.29. The third-order valence-corrected chi connectivity index (χ3v) is 3.66. The fourth-order valence-corrected chi connectivity index (χ4v) is 2.75. The molecule has 0 spiro atoms. The van der Waals surface area contributed by atoms with Crippen LogP contribution in [0.15, 0.2) is 18.2 Å². The Bertz CT molecular complexity index is 395. The summed E-state index contributed by atoms with van der Waals surface area (Å²) in [5.74, 6) is 2.27. The van der Waals surface area contributed by atoms with Crippen LogP contribution in [0.2, 0.25) is 0 Å². The van der Waals surface area contributed by atoms with E-state index in [4.69, 9.17) is 15.2 Å². The minimum atomic E-state index is 0.441. The van der Waals surface area contributed by atoms with Crippen LogP contribution in [0.25, 0.3) is 0 Å². The Kier molecular flexibility index (Phi) is 4.44. The minimum Gasteiger partial charge on any atom is -0.497 e. The molecule has 1 heterocycles. The molecule has 0 radical (unpaired) electrons. The Morgan fingerprint density at radius 1 is 1.33 bits per heavy atom. The molecule has 1 saturated heterocycles. The summed E-state index contributed by atoms with van der Waals surface area (Å²) < 4.78 is 10.8. The average molecular weight is 250 g/mol. The van der Waals surface area contributed by atoms with E-state index >= 15 is 0 Å². The summed E-state index contributed by atoms with van der Waals surface area (Å²) in [7, 11) is 3.40. The molecule has 1 aromatic carbocycles. The summed E-state index contributed by atoms with van der Waals surface area (Å²) in [5, 5.41) is 3.52. The average Bonchev–Trinajstić information content (AvgIpc) is 2.86. The second-order valence-corrected chi connectivity index (χ2v) is 4.64. The summed E-state index contributed by atoms with van der Waals surface area (Å²) in [6.07, 6.45) is 2.11. The Morgan fingerprint density at radius 2 is 2.17 bits per heavy atom. The first kappa shape index (κ1) is 13.2. The highest BCUT2D eigenvalue weighted by molar-refractivity contribution is 5.43. The van der Waals surface area contributed by atoms with Gasteiger partial charge in [0.1, 0.15) is 11.5 Å². The van der Waals surface area contributed by atoms with Gasteiger partial charge in [0.15, 0.2) is 0 Å². The number of nitrogens with one attached hydrogen (secondary N) is 1. The summed E-state index contributed by atoms with van der Waals surface area (Å²) in [6, 6.07) is 6.44. The zero-order valence-electron chi connectivity index (χ0n) is 11.1. The molecule has 1 aliphatic rings. The van der Waals surface area contributed by atoms with Crippen molar-refractivity contribution in [3.8, 4) is 11.5 Å². The summed E-state index contributed by atoms with van der Waals surface area (Å²) in [4.78, 5) is 0. The topological polar surface area (TPSA) is 56.5 Å². The first-order valence-electron chi connectivity index (χ1n) is 6.45. The van der Waals surface area contributed by atoms with Gasteiger partial charge in [-0.25, -0.2) is 0 Å². The lowest BCUT2D eigenvalue weighted by Crippen LogP contribution is -2.28. The third kappa shape index (κ3) is 2.60. The maximum atomic E-state index is 5.68. The van der Waals surface area contributed by atoms with Gasteiger partial charge in [0.25, 0.3) is 0 Å². The molecule has 100 valence electrons. The number of rotatable bonds is 5. The van der Waals surface area contributed by atoms with E-state index < -0.39 is 0 Å². The van der Waals surface area contributed by atoms with Gasteiger partial charge in [-0.05, 0) is 44.1 Å². The van der Waals surface area contributed by atoms with Gasteiger partial charge in [-0.3, -0.25) is 0 Å². The van der Waals surface area contributed by atoms with Gasteiger partial charge in [0.05, 0.1) is 14.2 Å². The predicted molar refractivity (Wildman–Crippen MR) is 72.4 cm³/mol. The van der Waals surface area contributed by atoms with E-state index in [1.807, 2.05) is 12.1 Å². The Hall–Kier alpha value is -1.26. The van der Waals surface area contributed by atoms with Gasteiger partial charge in [-0.1, -0.05) is 0 Å². The number of methoxy groups -OCH3 is 2. The van der Waals surface area contributed by atoms with Crippen molar-refractivity contribution in [1.82, 2.24) is 5.32 Å². The van der Waals surface area contributed by atoms with Crippen molar-refractivity contribution in [3.63, 3.8) is 0 Å². The molecular weight excluding hydrogens is 228 g/mol. The third-order valence-electron chi connectivity index (χ3n) is 3.66. The molecule has 0 bridgehead atoms. The second kappa shape index (κ2) is 6.07. The molecule has 1 aliphatic heterocycles. The zero-order chi connectivity index (χ0) is 13.0. The lowest BCUT2D eigenvalue weighted by atomic mass is 9.89. The SMILES string of the molecule is COc1ccc(OC)c(C2CCNC2CCN)c1. The van der Waals surface area contributed by atoms with E-state index in [-0.39, 0.29) is 0 Å². The quantitative estimate of drug-likeness (QED) is 0.831. The van der Waals surface area contributed by atoms with Crippen LogP contribution in [0, 0.1) is 0 Å². The summed E-state index contributed by atoms with van der Waals surface area (Å²) in [5.41, 5.74) is 6.90. The monoisotopic (exact) mass is 250 g/mol. The molecule has 0 aliphatic carbocycles. The van der Waals surface area contributed by atoms with E-state index in [0.717, 1.165) is 30.9 Å². The minimum absolute atomic E-state index is 0.441. The number of hydrogen-bond acceptors (Lipinski definition) is 4. The van der Waals surface area contributed by atoms with Crippen LogP contribution < -0.4 is 20.5 Å². The Morgan fingerprint density at radius 3 is 2.83 bits per heavy atom. The highest BCUT2D eigenvalue weighted by Crippen LogP contribution is 2.37. The largest absolute Gasteiger partial charge is 0.497 e. The Balaban J connectivity index is 2.29. The van der Waals surface area contributed by atoms with Crippen molar-refractivity contribution >= 4 is 0 Å². The fourth-order valence-electron chi connectivity index (χ4n) is 2.75. The van der Waals surface area contributed by atoms with Gasteiger partial charge < -0.3 is 20.5 Å². The maximum Gasteiger partial charge on any atom is 0.122 e. The van der Waals surface area contributed by atoms with Crippen molar-refractivity contribution in [2.75, 3.05) is 27.3 Å². The molecule has 4 nitrogen and oxygen atoms in total. The van der Waals surface area contributed by atoms with Crippen molar-refractivity contribution in [2.24, 2.45) is 5.73 Å². The molecule has 4 heteroatoms. The number of ether oxygens (including phenoxy) is 2. The number of hydrogen-bond donors (Lipinski definition) is 2. The number of nitrogens with two attached hydrogens (primary N) is 1. The van der Waals surface area contributed by atoms with Gasteiger partial charge in [-0.2, -0.15) is 0 Å². The summed E-state index contributed by atoms with van der Waals surface area (Å²) in [6.45, 7) is 1.75. The van der Waals surface area contributed by atoms with Crippen LogP contribution in [0.5, 0.6) is 11.5 Å². The van der Waals surface area contributed by atoms with Gasteiger partial charge in [0.2, 0.25) is 0 Å². The van der Waals surface area contributed by atoms with Gasteiger partial charge >= 0.3 is 0 Å². The van der Waals surface area contributed by atoms with E-state index in [1.54, 1.807) is 14.2 Å². The number of benzene rings is 1. The molecule has 18 heavy (non-hydrogen) atoms. The van der Waals surface area contributed by atoms with Crippen molar-refractivity contribution < 1.29 is 9.47 Å². The lowest BCUT2D eigenvalue weighted by molar-refractivity contribution is 0.390.